The molecule has 0 saturated carbocycles. The van der Waals surface area contributed by atoms with Crippen LogP contribution in [-0.4, -0.2) is 28.7 Å². The molecular formula is C23H23N3O3. The van der Waals surface area contributed by atoms with Crippen LogP contribution in [0.15, 0.2) is 58.4 Å². The number of carbonyl (C=O) groups excluding carboxylic acids is 1. The number of nitrogens with one attached hydrogen (secondary N) is 1. The maximum Gasteiger partial charge on any atom is 0.257 e. The number of hydrogen-bond acceptors (Lipinski definition) is 4. The van der Waals surface area contributed by atoms with Crippen molar-refractivity contribution in [1.29, 1.82) is 0 Å². The molecule has 1 amide bonds. The van der Waals surface area contributed by atoms with Crippen molar-refractivity contribution >= 4 is 22.5 Å². The predicted octanol–water partition coefficient (Wildman–Crippen LogP) is 3.93. The molecule has 0 radical (unpaired) electrons. The second-order valence-corrected chi connectivity index (χ2v) is 7.13. The Balaban J connectivity index is 1.79. The molecule has 0 bridgehead atoms. The average molecular weight is 389 g/mol. The van der Waals surface area contributed by atoms with Crippen molar-refractivity contribution in [2.24, 2.45) is 5.10 Å². The number of benzene rings is 2. The summed E-state index contributed by atoms with van der Waals surface area (Å²) in [7, 11) is 1.62. The number of amides is 1. The first-order valence-corrected chi connectivity index (χ1v) is 9.69. The van der Waals surface area contributed by atoms with E-state index >= 15 is 0 Å². The number of hydrogen-bond donors (Lipinski definition) is 1. The molecule has 148 valence electrons. The smallest absolute Gasteiger partial charge is 0.257 e. The van der Waals surface area contributed by atoms with Crippen LogP contribution in [0.1, 0.15) is 42.5 Å². The first-order chi connectivity index (χ1) is 14.0. The van der Waals surface area contributed by atoms with Gasteiger partial charge in [0, 0.05) is 23.7 Å². The van der Waals surface area contributed by atoms with Gasteiger partial charge in [0.15, 0.2) is 0 Å². The van der Waals surface area contributed by atoms with E-state index in [2.05, 4.69) is 10.1 Å². The Morgan fingerprint density at radius 2 is 1.93 bits per heavy atom. The molecule has 1 unspecified atom stereocenters. The van der Waals surface area contributed by atoms with E-state index in [-0.39, 0.29) is 17.5 Å². The van der Waals surface area contributed by atoms with Crippen LogP contribution in [0.2, 0.25) is 0 Å². The molecule has 1 aromatic heterocycles. The lowest BCUT2D eigenvalue weighted by molar-refractivity contribution is -0.132. The molecule has 3 aromatic rings. The third-order valence-electron chi connectivity index (χ3n) is 5.44. The zero-order valence-electron chi connectivity index (χ0n) is 16.7. The van der Waals surface area contributed by atoms with Crippen LogP contribution in [0.25, 0.3) is 10.9 Å². The molecule has 29 heavy (non-hydrogen) atoms. The summed E-state index contributed by atoms with van der Waals surface area (Å²) < 4.78 is 5.24. The van der Waals surface area contributed by atoms with Gasteiger partial charge in [0.1, 0.15) is 5.75 Å². The molecule has 4 rings (SSSR count). The molecule has 0 aliphatic carbocycles. The van der Waals surface area contributed by atoms with Crippen LogP contribution in [0.3, 0.4) is 0 Å². The summed E-state index contributed by atoms with van der Waals surface area (Å²) in [5.74, 6) is 0.679. The van der Waals surface area contributed by atoms with Crippen LogP contribution in [-0.2, 0) is 4.79 Å². The second-order valence-electron chi connectivity index (χ2n) is 7.13. The van der Waals surface area contributed by atoms with Gasteiger partial charge in [-0.1, -0.05) is 37.3 Å². The zero-order chi connectivity index (χ0) is 20.5. The van der Waals surface area contributed by atoms with Crippen LogP contribution < -0.4 is 10.3 Å². The fourth-order valence-electron chi connectivity index (χ4n) is 3.90. The third-order valence-corrected chi connectivity index (χ3v) is 5.44. The fraction of sp³-hybridized carbons (Fsp3) is 0.261. The fourth-order valence-corrected chi connectivity index (χ4v) is 3.90. The molecule has 1 aliphatic heterocycles. The Hall–Kier alpha value is -3.41. The topological polar surface area (TPSA) is 74.8 Å². The Morgan fingerprint density at radius 1 is 1.21 bits per heavy atom. The van der Waals surface area contributed by atoms with Crippen molar-refractivity contribution in [2.75, 3.05) is 7.11 Å². The number of H-pyrrole nitrogens is 1. The van der Waals surface area contributed by atoms with E-state index in [1.165, 1.54) is 5.01 Å². The van der Waals surface area contributed by atoms with E-state index in [4.69, 9.17) is 4.74 Å². The van der Waals surface area contributed by atoms with Crippen LogP contribution in [0.4, 0.5) is 0 Å². The van der Waals surface area contributed by atoms with E-state index in [1.54, 1.807) is 7.11 Å². The van der Waals surface area contributed by atoms with E-state index in [0.29, 0.717) is 24.1 Å². The minimum absolute atomic E-state index is 0.0734. The summed E-state index contributed by atoms with van der Waals surface area (Å²) in [5, 5.41) is 7.10. The largest absolute Gasteiger partial charge is 0.497 e. The SMILES string of the molecule is CCC(=O)N1N=C(c2c(C)c3ccccc3[nH]c2=O)CC1c1ccc(OC)cc1. The molecular weight excluding hydrogens is 366 g/mol. The highest BCUT2D eigenvalue weighted by Crippen LogP contribution is 2.34. The summed E-state index contributed by atoms with van der Waals surface area (Å²) in [4.78, 5) is 28.4. The lowest BCUT2D eigenvalue weighted by Gasteiger charge is -2.21. The Labute approximate surface area is 168 Å². The highest BCUT2D eigenvalue weighted by molar-refractivity contribution is 6.06. The van der Waals surface area contributed by atoms with E-state index in [1.807, 2.05) is 62.4 Å². The van der Waals surface area contributed by atoms with Gasteiger partial charge in [0.2, 0.25) is 5.91 Å². The maximum atomic E-state index is 12.9. The summed E-state index contributed by atoms with van der Waals surface area (Å²) in [6, 6.07) is 15.1. The first kappa shape index (κ1) is 18.9. The number of methoxy groups -OCH3 is 1. The molecule has 1 aliphatic rings. The van der Waals surface area contributed by atoms with Gasteiger partial charge >= 0.3 is 0 Å². The van der Waals surface area contributed by atoms with Gasteiger partial charge in [-0.25, -0.2) is 5.01 Å². The number of aromatic amines is 1. The molecule has 6 heteroatoms. The molecule has 1 N–H and O–H groups in total. The minimum atomic E-state index is -0.242. The number of nitrogens with zero attached hydrogens (tertiary/aromatic N) is 2. The predicted molar refractivity (Wildman–Crippen MR) is 113 cm³/mol. The van der Waals surface area contributed by atoms with E-state index in [0.717, 1.165) is 27.8 Å². The normalized spacial score (nSPS) is 16.2. The number of hydrazone groups is 1. The molecule has 2 aromatic carbocycles. The minimum Gasteiger partial charge on any atom is -0.497 e. The Bertz CT molecular complexity index is 1160. The van der Waals surface area contributed by atoms with Crippen molar-refractivity contribution in [2.45, 2.75) is 32.7 Å². The number of rotatable bonds is 4. The van der Waals surface area contributed by atoms with Gasteiger partial charge in [-0.05, 0) is 36.2 Å². The van der Waals surface area contributed by atoms with Crippen molar-refractivity contribution in [3.8, 4) is 5.75 Å². The highest BCUT2D eigenvalue weighted by Gasteiger charge is 2.34. The van der Waals surface area contributed by atoms with Crippen molar-refractivity contribution < 1.29 is 9.53 Å². The molecule has 6 nitrogen and oxygen atoms in total. The standard InChI is InChI=1S/C23H23N3O3/c1-4-21(27)26-20(15-9-11-16(29-3)12-10-15)13-19(25-26)22-14(2)17-7-5-6-8-18(17)24-23(22)28/h5-12,20H,4,13H2,1-3H3,(H,24,28). The van der Waals surface area contributed by atoms with Gasteiger partial charge in [-0.2, -0.15) is 5.10 Å². The molecule has 2 heterocycles. The summed E-state index contributed by atoms with van der Waals surface area (Å²) in [5.41, 5.74) is 3.64. The zero-order valence-corrected chi connectivity index (χ0v) is 16.7. The van der Waals surface area contributed by atoms with Crippen LogP contribution in [0, 0.1) is 6.92 Å². The monoisotopic (exact) mass is 389 g/mol. The second kappa shape index (κ2) is 7.54. The quantitative estimate of drug-likeness (QED) is 0.735. The summed E-state index contributed by atoms with van der Waals surface area (Å²) >= 11 is 0. The molecule has 1 atom stereocenters. The Morgan fingerprint density at radius 3 is 2.62 bits per heavy atom. The first-order valence-electron chi connectivity index (χ1n) is 9.69. The Kier molecular flexibility index (Phi) is 4.92. The van der Waals surface area contributed by atoms with Gasteiger partial charge in [0.25, 0.3) is 5.56 Å². The number of para-hydroxylation sites is 1. The molecule has 0 saturated heterocycles. The van der Waals surface area contributed by atoms with Crippen molar-refractivity contribution in [1.82, 2.24) is 9.99 Å². The van der Waals surface area contributed by atoms with Crippen molar-refractivity contribution in [3.63, 3.8) is 0 Å². The lowest BCUT2D eigenvalue weighted by atomic mass is 9.95. The lowest BCUT2D eigenvalue weighted by Crippen LogP contribution is -2.26. The van der Waals surface area contributed by atoms with Crippen LogP contribution >= 0.6 is 0 Å². The summed E-state index contributed by atoms with van der Waals surface area (Å²) in [6.45, 7) is 3.75. The van der Waals surface area contributed by atoms with Gasteiger partial charge < -0.3 is 9.72 Å². The number of carbonyl (C=O) groups is 1. The molecule has 0 fully saturated rings. The van der Waals surface area contributed by atoms with Gasteiger partial charge in [-0.15, -0.1) is 0 Å². The summed E-state index contributed by atoms with van der Waals surface area (Å²) in [6.07, 6.45) is 0.830. The van der Waals surface area contributed by atoms with Crippen molar-refractivity contribution in [3.05, 3.63) is 75.6 Å². The average Bonchev–Trinajstić information content (AvgIpc) is 3.18. The third kappa shape index (κ3) is 3.31. The number of aromatic nitrogens is 1. The number of pyridine rings is 1. The van der Waals surface area contributed by atoms with E-state index in [9.17, 15) is 9.59 Å². The number of fused-ring (bicyclic) bond motifs is 1. The van der Waals surface area contributed by atoms with Gasteiger partial charge in [-0.3, -0.25) is 9.59 Å². The number of ether oxygens (including phenoxy) is 1. The highest BCUT2D eigenvalue weighted by atomic mass is 16.5. The molecule has 0 spiro atoms. The van der Waals surface area contributed by atoms with Gasteiger partial charge in [0.05, 0.1) is 24.4 Å². The van der Waals surface area contributed by atoms with Crippen LogP contribution in [0.5, 0.6) is 5.75 Å². The maximum absolute atomic E-state index is 12.9. The van der Waals surface area contributed by atoms with E-state index < -0.39 is 0 Å². The number of aryl methyl sites for hydroxylation is 1.